The Hall–Kier alpha value is -3.40. The van der Waals surface area contributed by atoms with Gasteiger partial charge in [-0.2, -0.15) is 0 Å². The number of carbonyl (C=O) groups is 2. The van der Waals surface area contributed by atoms with E-state index in [1.807, 2.05) is 81.4 Å². The van der Waals surface area contributed by atoms with Gasteiger partial charge in [0.15, 0.2) is 0 Å². The van der Waals surface area contributed by atoms with Crippen molar-refractivity contribution in [3.8, 4) is 0 Å². The van der Waals surface area contributed by atoms with Gasteiger partial charge in [-0.1, -0.05) is 91.9 Å². The fourth-order valence-electron chi connectivity index (χ4n) is 4.04. The molecule has 3 rings (SSSR count). The van der Waals surface area contributed by atoms with E-state index in [9.17, 15) is 9.59 Å². The van der Waals surface area contributed by atoms with Crippen LogP contribution in [0.25, 0.3) is 0 Å². The van der Waals surface area contributed by atoms with Gasteiger partial charge >= 0.3 is 0 Å². The molecule has 0 aliphatic rings. The molecular weight excluding hydrogens is 408 g/mol. The third kappa shape index (κ3) is 6.55. The Morgan fingerprint density at radius 2 is 1.39 bits per heavy atom. The molecule has 33 heavy (non-hydrogen) atoms. The third-order valence-electron chi connectivity index (χ3n) is 6.10. The van der Waals surface area contributed by atoms with Crippen molar-refractivity contribution < 1.29 is 9.59 Å². The minimum atomic E-state index is -0.559. The molecule has 0 aliphatic carbocycles. The van der Waals surface area contributed by atoms with Gasteiger partial charge < -0.3 is 10.2 Å². The summed E-state index contributed by atoms with van der Waals surface area (Å²) in [6.07, 6.45) is 1.15. The van der Waals surface area contributed by atoms with E-state index in [-0.39, 0.29) is 17.7 Å². The molecule has 0 aromatic heterocycles. The molecule has 0 fully saturated rings. The number of benzene rings is 3. The first kappa shape index (κ1) is 24.2. The van der Waals surface area contributed by atoms with Gasteiger partial charge in [0.2, 0.25) is 11.8 Å². The zero-order valence-electron chi connectivity index (χ0n) is 19.8. The number of amides is 2. The van der Waals surface area contributed by atoms with Crippen molar-refractivity contribution in [2.75, 3.05) is 6.54 Å². The van der Waals surface area contributed by atoms with Crippen molar-refractivity contribution in [1.82, 2.24) is 10.2 Å². The van der Waals surface area contributed by atoms with Crippen molar-refractivity contribution in [3.63, 3.8) is 0 Å². The highest BCUT2D eigenvalue weighted by molar-refractivity contribution is 5.87. The van der Waals surface area contributed by atoms with Crippen LogP contribution in [0.3, 0.4) is 0 Å². The average Bonchev–Trinajstić information content (AvgIpc) is 2.85. The Bertz CT molecular complexity index is 994. The van der Waals surface area contributed by atoms with Crippen LogP contribution in [0.2, 0.25) is 0 Å². The van der Waals surface area contributed by atoms with Crippen molar-refractivity contribution >= 4 is 11.8 Å². The summed E-state index contributed by atoms with van der Waals surface area (Å²) in [4.78, 5) is 28.4. The largest absolute Gasteiger partial charge is 0.354 e. The zero-order valence-corrected chi connectivity index (χ0v) is 19.8. The van der Waals surface area contributed by atoms with Crippen LogP contribution < -0.4 is 5.32 Å². The first-order valence-electron chi connectivity index (χ1n) is 11.7. The summed E-state index contributed by atoms with van der Waals surface area (Å²) in [7, 11) is 0. The highest BCUT2D eigenvalue weighted by atomic mass is 16.2. The van der Waals surface area contributed by atoms with Crippen LogP contribution in [-0.2, 0) is 16.1 Å². The second-order valence-corrected chi connectivity index (χ2v) is 8.49. The first-order valence-corrected chi connectivity index (χ1v) is 11.7. The molecule has 1 N–H and O–H groups in total. The number of nitrogens with zero attached hydrogens (tertiary/aromatic N) is 1. The van der Waals surface area contributed by atoms with Gasteiger partial charge in [-0.25, -0.2) is 0 Å². The van der Waals surface area contributed by atoms with Crippen molar-refractivity contribution in [3.05, 3.63) is 107 Å². The SMILES string of the molecule is CCCNC(=O)[C@@H](C)N(Cc1ccccc1C)C(=O)CC(c1ccccc1)c1ccccc1. The highest BCUT2D eigenvalue weighted by Crippen LogP contribution is 2.29. The summed E-state index contributed by atoms with van der Waals surface area (Å²) in [5.74, 6) is -0.227. The van der Waals surface area contributed by atoms with E-state index < -0.39 is 6.04 Å². The second kappa shape index (κ2) is 12.0. The van der Waals surface area contributed by atoms with Crippen LogP contribution >= 0.6 is 0 Å². The summed E-state index contributed by atoms with van der Waals surface area (Å²) < 4.78 is 0. The molecule has 3 aromatic rings. The molecule has 2 amide bonds. The fourth-order valence-corrected chi connectivity index (χ4v) is 4.04. The Labute approximate surface area is 197 Å². The van der Waals surface area contributed by atoms with Crippen LogP contribution in [0.4, 0.5) is 0 Å². The molecule has 0 spiro atoms. The molecule has 4 nitrogen and oxygen atoms in total. The lowest BCUT2D eigenvalue weighted by molar-refractivity contribution is -0.140. The number of nitrogens with one attached hydrogen (secondary N) is 1. The molecule has 0 heterocycles. The Morgan fingerprint density at radius 1 is 0.848 bits per heavy atom. The predicted octanol–water partition coefficient (Wildman–Crippen LogP) is 5.46. The fraction of sp³-hybridized carbons (Fsp3) is 0.310. The number of aryl methyl sites for hydroxylation is 1. The lowest BCUT2D eigenvalue weighted by Crippen LogP contribution is -2.48. The highest BCUT2D eigenvalue weighted by Gasteiger charge is 2.29. The third-order valence-corrected chi connectivity index (χ3v) is 6.10. The van der Waals surface area contributed by atoms with Crippen LogP contribution in [0.5, 0.6) is 0 Å². The predicted molar refractivity (Wildman–Crippen MR) is 134 cm³/mol. The van der Waals surface area contributed by atoms with Gasteiger partial charge in [-0.15, -0.1) is 0 Å². The molecule has 0 bridgehead atoms. The number of hydrogen-bond acceptors (Lipinski definition) is 2. The Kier molecular flexibility index (Phi) is 8.82. The zero-order chi connectivity index (χ0) is 23.6. The summed E-state index contributed by atoms with van der Waals surface area (Å²) in [5.41, 5.74) is 4.35. The standard InChI is InChI=1S/C29H34N2O2/c1-4-19-30-29(33)23(3)31(21-26-18-12-11-13-22(26)2)28(32)20-27(24-14-7-5-8-15-24)25-16-9-6-10-17-25/h5-18,23,27H,4,19-21H2,1-3H3,(H,30,33)/t23-/m1/s1. The Morgan fingerprint density at radius 3 is 1.94 bits per heavy atom. The monoisotopic (exact) mass is 442 g/mol. The summed E-state index contributed by atoms with van der Waals surface area (Å²) in [6, 6.07) is 27.7. The second-order valence-electron chi connectivity index (χ2n) is 8.49. The van der Waals surface area contributed by atoms with Crippen molar-refractivity contribution in [2.24, 2.45) is 0 Å². The summed E-state index contributed by atoms with van der Waals surface area (Å²) in [5, 5.41) is 2.95. The van der Waals surface area contributed by atoms with Crippen LogP contribution in [0, 0.1) is 6.92 Å². The van der Waals surface area contributed by atoms with Crippen LogP contribution in [0.1, 0.15) is 54.9 Å². The molecule has 4 heteroatoms. The van der Waals surface area contributed by atoms with E-state index in [4.69, 9.17) is 0 Å². The Balaban J connectivity index is 1.91. The van der Waals surface area contributed by atoms with Crippen LogP contribution in [-0.4, -0.2) is 29.3 Å². The maximum atomic E-state index is 13.8. The van der Waals surface area contributed by atoms with E-state index in [1.165, 1.54) is 0 Å². The van der Waals surface area contributed by atoms with E-state index in [1.54, 1.807) is 4.90 Å². The molecule has 0 saturated carbocycles. The summed E-state index contributed by atoms with van der Waals surface area (Å²) >= 11 is 0. The summed E-state index contributed by atoms with van der Waals surface area (Å²) in [6.45, 7) is 6.89. The van der Waals surface area contributed by atoms with Crippen molar-refractivity contribution in [1.29, 1.82) is 0 Å². The quantitative estimate of drug-likeness (QED) is 0.453. The molecule has 0 aliphatic heterocycles. The van der Waals surface area contributed by atoms with Gasteiger partial charge in [0.1, 0.15) is 6.04 Å². The van der Waals surface area contributed by atoms with Gasteiger partial charge in [-0.3, -0.25) is 9.59 Å². The minimum Gasteiger partial charge on any atom is -0.354 e. The van der Waals surface area contributed by atoms with E-state index >= 15 is 0 Å². The van der Waals surface area contributed by atoms with Gasteiger partial charge in [-0.05, 0) is 42.5 Å². The smallest absolute Gasteiger partial charge is 0.242 e. The lowest BCUT2D eigenvalue weighted by atomic mass is 9.88. The first-order chi connectivity index (χ1) is 16.0. The maximum absolute atomic E-state index is 13.8. The van der Waals surface area contributed by atoms with Crippen molar-refractivity contribution in [2.45, 2.75) is 52.1 Å². The molecular formula is C29H34N2O2. The van der Waals surface area contributed by atoms with Crippen LogP contribution in [0.15, 0.2) is 84.9 Å². The van der Waals surface area contributed by atoms with Gasteiger partial charge in [0.25, 0.3) is 0 Å². The van der Waals surface area contributed by atoms with Gasteiger partial charge in [0, 0.05) is 25.4 Å². The maximum Gasteiger partial charge on any atom is 0.242 e. The average molecular weight is 443 g/mol. The number of hydrogen-bond donors (Lipinski definition) is 1. The number of rotatable bonds is 10. The number of carbonyl (C=O) groups excluding carboxylic acids is 2. The van der Waals surface area contributed by atoms with Gasteiger partial charge in [0.05, 0.1) is 0 Å². The van der Waals surface area contributed by atoms with E-state index in [0.717, 1.165) is 28.7 Å². The molecule has 172 valence electrons. The molecule has 3 aromatic carbocycles. The molecule has 0 unspecified atom stereocenters. The topological polar surface area (TPSA) is 49.4 Å². The lowest BCUT2D eigenvalue weighted by Gasteiger charge is -2.31. The normalized spacial score (nSPS) is 11.8. The van der Waals surface area contributed by atoms with E-state index in [2.05, 4.69) is 29.6 Å². The molecule has 1 atom stereocenters. The molecule has 0 radical (unpaired) electrons. The molecule has 0 saturated heterocycles. The van der Waals surface area contributed by atoms with E-state index in [0.29, 0.717) is 19.5 Å². The minimum absolute atomic E-state index is 0.0323.